The molecule has 1 aliphatic heterocycles. The van der Waals surface area contributed by atoms with Crippen molar-refractivity contribution in [3.63, 3.8) is 0 Å². The zero-order valence-corrected chi connectivity index (χ0v) is 14.1. The van der Waals surface area contributed by atoms with Gasteiger partial charge in [0.25, 0.3) is 0 Å². The van der Waals surface area contributed by atoms with Crippen LogP contribution in [0, 0.1) is 11.3 Å². The number of rotatable bonds is 4. The summed E-state index contributed by atoms with van der Waals surface area (Å²) in [6.45, 7) is 2.89. The van der Waals surface area contributed by atoms with Gasteiger partial charge >= 0.3 is 0 Å². The zero-order valence-electron chi connectivity index (χ0n) is 14.1. The van der Waals surface area contributed by atoms with Crippen molar-refractivity contribution in [2.45, 2.75) is 31.8 Å². The van der Waals surface area contributed by atoms with Crippen LogP contribution in [0.5, 0.6) is 0 Å². The van der Waals surface area contributed by atoms with Crippen LogP contribution in [0.2, 0.25) is 0 Å². The van der Waals surface area contributed by atoms with E-state index in [-0.39, 0.29) is 18.0 Å². The van der Waals surface area contributed by atoms with E-state index in [1.54, 1.807) is 24.3 Å². The van der Waals surface area contributed by atoms with Crippen LogP contribution in [0.15, 0.2) is 42.6 Å². The molecule has 0 saturated carbocycles. The fourth-order valence-corrected chi connectivity index (χ4v) is 3.42. The standard InChI is InChI=1S/C19H22N4O/c1-14(19(24)21-16-9-7-15(13-20)8-10-16)23-12-4-6-18(23)17-5-3-11-22(17)2/h3,5,7-11,14,18H,4,6,12H2,1-2H3,(H,21,24)/t14-,18-/m1/s1. The molecule has 124 valence electrons. The lowest BCUT2D eigenvalue weighted by Crippen LogP contribution is -2.42. The Morgan fingerprint density at radius 2 is 2.08 bits per heavy atom. The van der Waals surface area contributed by atoms with Crippen molar-refractivity contribution in [1.29, 1.82) is 5.26 Å². The van der Waals surface area contributed by atoms with E-state index in [9.17, 15) is 4.79 Å². The van der Waals surface area contributed by atoms with E-state index in [4.69, 9.17) is 5.26 Å². The number of likely N-dealkylation sites (tertiary alicyclic amines) is 1. The molecule has 0 bridgehead atoms. The molecule has 1 aromatic heterocycles. The second-order valence-corrected chi connectivity index (χ2v) is 6.29. The Kier molecular flexibility index (Phi) is 4.68. The lowest BCUT2D eigenvalue weighted by atomic mass is 10.1. The second-order valence-electron chi connectivity index (χ2n) is 6.29. The van der Waals surface area contributed by atoms with E-state index in [0.29, 0.717) is 5.56 Å². The van der Waals surface area contributed by atoms with Gasteiger partial charge in [0, 0.05) is 24.6 Å². The Balaban J connectivity index is 1.70. The number of carbonyl (C=O) groups excluding carboxylic acids is 1. The Morgan fingerprint density at radius 3 is 2.71 bits per heavy atom. The van der Waals surface area contributed by atoms with Gasteiger partial charge in [-0.2, -0.15) is 5.26 Å². The summed E-state index contributed by atoms with van der Waals surface area (Å²) in [5.41, 5.74) is 2.57. The number of nitriles is 1. The van der Waals surface area contributed by atoms with Crippen LogP contribution in [-0.4, -0.2) is 28.0 Å². The van der Waals surface area contributed by atoms with Gasteiger partial charge in [-0.25, -0.2) is 0 Å². The number of carbonyl (C=O) groups is 1. The summed E-state index contributed by atoms with van der Waals surface area (Å²) < 4.78 is 2.13. The molecular formula is C19H22N4O. The molecule has 5 nitrogen and oxygen atoms in total. The molecule has 5 heteroatoms. The molecule has 3 rings (SSSR count). The number of nitrogens with zero attached hydrogens (tertiary/aromatic N) is 3. The van der Waals surface area contributed by atoms with Gasteiger partial charge in [0.1, 0.15) is 0 Å². The summed E-state index contributed by atoms with van der Waals surface area (Å²) in [5.74, 6) is -0.0131. The molecule has 24 heavy (non-hydrogen) atoms. The minimum Gasteiger partial charge on any atom is -0.353 e. The molecule has 1 aromatic carbocycles. The van der Waals surface area contributed by atoms with E-state index in [1.807, 2.05) is 26.2 Å². The van der Waals surface area contributed by atoms with E-state index >= 15 is 0 Å². The summed E-state index contributed by atoms with van der Waals surface area (Å²) in [6, 6.07) is 13.3. The third-order valence-electron chi connectivity index (χ3n) is 4.78. The number of hydrogen-bond acceptors (Lipinski definition) is 3. The summed E-state index contributed by atoms with van der Waals surface area (Å²) in [4.78, 5) is 14.9. The number of hydrogen-bond donors (Lipinski definition) is 1. The molecule has 0 spiro atoms. The van der Waals surface area contributed by atoms with Crippen molar-refractivity contribution in [2.75, 3.05) is 11.9 Å². The van der Waals surface area contributed by atoms with Crippen LogP contribution in [0.3, 0.4) is 0 Å². The quantitative estimate of drug-likeness (QED) is 0.941. The van der Waals surface area contributed by atoms with Crippen LogP contribution in [-0.2, 0) is 11.8 Å². The van der Waals surface area contributed by atoms with Crippen LogP contribution in [0.25, 0.3) is 0 Å². The van der Waals surface area contributed by atoms with Crippen LogP contribution >= 0.6 is 0 Å². The van der Waals surface area contributed by atoms with Crippen LogP contribution in [0.4, 0.5) is 5.69 Å². The van der Waals surface area contributed by atoms with Crippen LogP contribution < -0.4 is 5.32 Å². The SMILES string of the molecule is C[C@H](C(=O)Nc1ccc(C#N)cc1)N1CCC[C@@H]1c1cccn1C. The predicted molar refractivity (Wildman–Crippen MR) is 93.3 cm³/mol. The largest absolute Gasteiger partial charge is 0.353 e. The minimum atomic E-state index is -0.206. The van der Waals surface area contributed by atoms with E-state index in [0.717, 1.165) is 25.1 Å². The van der Waals surface area contributed by atoms with Gasteiger partial charge in [-0.3, -0.25) is 9.69 Å². The maximum absolute atomic E-state index is 12.6. The van der Waals surface area contributed by atoms with Crippen molar-refractivity contribution < 1.29 is 4.79 Å². The average molecular weight is 322 g/mol. The fraction of sp³-hybridized carbons (Fsp3) is 0.368. The Bertz CT molecular complexity index is 756. The summed E-state index contributed by atoms with van der Waals surface area (Å²) in [7, 11) is 2.05. The highest BCUT2D eigenvalue weighted by atomic mass is 16.2. The second kappa shape index (κ2) is 6.90. The molecule has 0 unspecified atom stereocenters. The Morgan fingerprint density at radius 1 is 1.33 bits per heavy atom. The highest BCUT2D eigenvalue weighted by Crippen LogP contribution is 2.33. The number of anilines is 1. The average Bonchev–Trinajstić information content (AvgIpc) is 3.23. The normalized spacial score (nSPS) is 19.0. The molecule has 2 aromatic rings. The third kappa shape index (κ3) is 3.19. The summed E-state index contributed by atoms with van der Waals surface area (Å²) in [6.07, 6.45) is 4.23. The summed E-state index contributed by atoms with van der Waals surface area (Å²) in [5, 5.41) is 11.8. The smallest absolute Gasteiger partial charge is 0.241 e. The number of benzene rings is 1. The van der Waals surface area contributed by atoms with Gasteiger partial charge in [0.15, 0.2) is 0 Å². The highest BCUT2D eigenvalue weighted by molar-refractivity contribution is 5.94. The molecule has 1 amide bonds. The number of aromatic nitrogens is 1. The van der Waals surface area contributed by atoms with Gasteiger partial charge in [0.2, 0.25) is 5.91 Å². The van der Waals surface area contributed by atoms with Crippen molar-refractivity contribution in [1.82, 2.24) is 9.47 Å². The zero-order chi connectivity index (χ0) is 17.1. The van der Waals surface area contributed by atoms with Crippen LogP contribution in [0.1, 0.15) is 37.1 Å². The molecular weight excluding hydrogens is 300 g/mol. The first-order valence-corrected chi connectivity index (χ1v) is 8.28. The summed E-state index contributed by atoms with van der Waals surface area (Å²) >= 11 is 0. The highest BCUT2D eigenvalue weighted by Gasteiger charge is 2.34. The first kappa shape index (κ1) is 16.3. The molecule has 0 aliphatic carbocycles. The third-order valence-corrected chi connectivity index (χ3v) is 4.78. The van der Waals surface area contributed by atoms with Crippen molar-refractivity contribution in [3.05, 3.63) is 53.9 Å². The monoisotopic (exact) mass is 322 g/mol. The lowest BCUT2D eigenvalue weighted by Gasteiger charge is -2.30. The van der Waals surface area contributed by atoms with Crippen molar-refractivity contribution in [2.24, 2.45) is 7.05 Å². The Hall–Kier alpha value is -2.58. The maximum Gasteiger partial charge on any atom is 0.241 e. The van der Waals surface area contributed by atoms with E-state index < -0.39 is 0 Å². The topological polar surface area (TPSA) is 61.1 Å². The first-order chi connectivity index (χ1) is 11.6. The van der Waals surface area contributed by atoms with Crippen molar-refractivity contribution in [3.8, 4) is 6.07 Å². The maximum atomic E-state index is 12.6. The Labute approximate surface area is 142 Å². The fourth-order valence-electron chi connectivity index (χ4n) is 3.42. The molecule has 0 radical (unpaired) electrons. The number of aryl methyl sites for hydroxylation is 1. The molecule has 1 aliphatic rings. The molecule has 2 atom stereocenters. The first-order valence-electron chi connectivity index (χ1n) is 8.28. The minimum absolute atomic E-state index is 0.0131. The molecule has 2 heterocycles. The molecule has 1 N–H and O–H groups in total. The predicted octanol–water partition coefficient (Wildman–Crippen LogP) is 3.06. The van der Waals surface area contributed by atoms with Gasteiger partial charge in [-0.15, -0.1) is 0 Å². The van der Waals surface area contributed by atoms with Gasteiger partial charge < -0.3 is 9.88 Å². The van der Waals surface area contributed by atoms with E-state index in [2.05, 4.69) is 26.9 Å². The van der Waals surface area contributed by atoms with E-state index in [1.165, 1.54) is 5.69 Å². The van der Waals surface area contributed by atoms with Gasteiger partial charge in [-0.05, 0) is 62.7 Å². The lowest BCUT2D eigenvalue weighted by molar-refractivity contribution is -0.121. The number of amides is 1. The van der Waals surface area contributed by atoms with Gasteiger partial charge in [-0.1, -0.05) is 0 Å². The van der Waals surface area contributed by atoms with Gasteiger partial charge in [0.05, 0.1) is 23.7 Å². The number of nitrogens with one attached hydrogen (secondary N) is 1. The van der Waals surface area contributed by atoms with Crippen molar-refractivity contribution >= 4 is 11.6 Å². The molecule has 1 saturated heterocycles. The molecule has 1 fully saturated rings.